The van der Waals surface area contributed by atoms with Gasteiger partial charge in [0.1, 0.15) is 11.5 Å². The SMILES string of the molecule is COc1cc(I)cc(OC)c1C. The van der Waals surface area contributed by atoms with E-state index in [0.717, 1.165) is 20.6 Å². The first kappa shape index (κ1) is 9.64. The molecule has 0 aliphatic rings. The summed E-state index contributed by atoms with van der Waals surface area (Å²) in [5.74, 6) is 1.75. The third kappa shape index (κ3) is 1.83. The molecule has 0 heterocycles. The van der Waals surface area contributed by atoms with Gasteiger partial charge in [0.15, 0.2) is 0 Å². The first-order valence-corrected chi connectivity index (χ1v) is 4.65. The van der Waals surface area contributed by atoms with Crippen LogP contribution in [0, 0.1) is 10.5 Å². The summed E-state index contributed by atoms with van der Waals surface area (Å²) in [5, 5.41) is 0. The van der Waals surface area contributed by atoms with Crippen LogP contribution in [0.5, 0.6) is 11.5 Å². The molecule has 0 aromatic heterocycles. The Balaban J connectivity index is 3.22. The van der Waals surface area contributed by atoms with Crippen LogP contribution in [0.3, 0.4) is 0 Å². The van der Waals surface area contributed by atoms with Gasteiger partial charge in [0.25, 0.3) is 0 Å². The highest BCUT2D eigenvalue weighted by atomic mass is 127. The number of halogens is 1. The van der Waals surface area contributed by atoms with E-state index in [1.165, 1.54) is 0 Å². The van der Waals surface area contributed by atoms with Gasteiger partial charge in [-0.05, 0) is 41.6 Å². The molecule has 66 valence electrons. The molecule has 1 aromatic rings. The Morgan fingerprint density at radius 1 is 1.08 bits per heavy atom. The number of ether oxygens (including phenoxy) is 2. The summed E-state index contributed by atoms with van der Waals surface area (Å²) in [7, 11) is 3.33. The molecule has 1 aromatic carbocycles. The van der Waals surface area contributed by atoms with Crippen molar-refractivity contribution in [2.45, 2.75) is 6.92 Å². The first-order valence-electron chi connectivity index (χ1n) is 3.57. The summed E-state index contributed by atoms with van der Waals surface area (Å²) in [6, 6.07) is 3.97. The zero-order valence-electron chi connectivity index (χ0n) is 7.35. The van der Waals surface area contributed by atoms with Gasteiger partial charge in [0.05, 0.1) is 14.2 Å². The zero-order valence-corrected chi connectivity index (χ0v) is 9.51. The van der Waals surface area contributed by atoms with Crippen molar-refractivity contribution in [3.8, 4) is 11.5 Å². The average Bonchev–Trinajstić information content (AvgIpc) is 2.08. The van der Waals surface area contributed by atoms with Crippen LogP contribution in [-0.2, 0) is 0 Å². The van der Waals surface area contributed by atoms with Gasteiger partial charge < -0.3 is 9.47 Å². The highest BCUT2D eigenvalue weighted by Crippen LogP contribution is 2.29. The molecule has 0 N–H and O–H groups in total. The van der Waals surface area contributed by atoms with Gasteiger partial charge >= 0.3 is 0 Å². The van der Waals surface area contributed by atoms with Crippen LogP contribution in [0.2, 0.25) is 0 Å². The summed E-state index contributed by atoms with van der Waals surface area (Å²) in [4.78, 5) is 0. The minimum absolute atomic E-state index is 0.874. The van der Waals surface area contributed by atoms with E-state index in [1.807, 2.05) is 19.1 Å². The van der Waals surface area contributed by atoms with Crippen molar-refractivity contribution in [2.24, 2.45) is 0 Å². The maximum atomic E-state index is 5.18. The molecule has 0 aliphatic heterocycles. The van der Waals surface area contributed by atoms with E-state index >= 15 is 0 Å². The summed E-state index contributed by atoms with van der Waals surface area (Å²) in [6.45, 7) is 1.98. The first-order chi connectivity index (χ1) is 5.69. The molecule has 2 nitrogen and oxygen atoms in total. The quantitative estimate of drug-likeness (QED) is 0.774. The van der Waals surface area contributed by atoms with Crippen molar-refractivity contribution in [3.63, 3.8) is 0 Å². The maximum absolute atomic E-state index is 5.18. The molecular weight excluding hydrogens is 267 g/mol. The molecule has 0 amide bonds. The predicted octanol–water partition coefficient (Wildman–Crippen LogP) is 2.62. The zero-order chi connectivity index (χ0) is 9.14. The highest BCUT2D eigenvalue weighted by Gasteiger charge is 2.05. The Morgan fingerprint density at radius 2 is 1.50 bits per heavy atom. The van der Waals surface area contributed by atoms with Gasteiger partial charge in [-0.2, -0.15) is 0 Å². The minimum Gasteiger partial charge on any atom is -0.496 e. The Kier molecular flexibility index (Phi) is 3.20. The van der Waals surface area contributed by atoms with Gasteiger partial charge in [-0.1, -0.05) is 0 Å². The Morgan fingerprint density at radius 3 is 1.83 bits per heavy atom. The lowest BCUT2D eigenvalue weighted by molar-refractivity contribution is 0.388. The van der Waals surface area contributed by atoms with Crippen LogP contribution < -0.4 is 9.47 Å². The second-order valence-corrected chi connectivity index (χ2v) is 3.68. The van der Waals surface area contributed by atoms with Crippen molar-refractivity contribution in [3.05, 3.63) is 21.3 Å². The van der Waals surface area contributed by atoms with Gasteiger partial charge in [-0.15, -0.1) is 0 Å². The molecule has 0 spiro atoms. The Hall–Kier alpha value is -0.450. The monoisotopic (exact) mass is 278 g/mol. The molecular formula is C9H11IO2. The normalized spacial score (nSPS) is 9.67. The van der Waals surface area contributed by atoms with Crippen molar-refractivity contribution in [2.75, 3.05) is 14.2 Å². The number of rotatable bonds is 2. The van der Waals surface area contributed by atoms with Gasteiger partial charge in [0.2, 0.25) is 0 Å². The second kappa shape index (κ2) is 3.98. The van der Waals surface area contributed by atoms with E-state index in [4.69, 9.17) is 9.47 Å². The lowest BCUT2D eigenvalue weighted by Crippen LogP contribution is -1.93. The Labute approximate surface area is 86.0 Å². The Bertz CT molecular complexity index is 259. The molecule has 0 aliphatic carbocycles. The smallest absolute Gasteiger partial charge is 0.126 e. The van der Waals surface area contributed by atoms with Crippen LogP contribution in [0.4, 0.5) is 0 Å². The standard InChI is InChI=1S/C9H11IO2/c1-6-8(11-2)4-7(10)5-9(6)12-3/h4-5H,1-3H3. The van der Waals surface area contributed by atoms with E-state index in [0.29, 0.717) is 0 Å². The van der Waals surface area contributed by atoms with E-state index < -0.39 is 0 Å². The molecule has 0 atom stereocenters. The molecule has 0 saturated heterocycles. The predicted molar refractivity (Wildman–Crippen MR) is 57.0 cm³/mol. The highest BCUT2D eigenvalue weighted by molar-refractivity contribution is 14.1. The third-order valence-corrected chi connectivity index (χ3v) is 2.34. The van der Waals surface area contributed by atoms with E-state index in [-0.39, 0.29) is 0 Å². The van der Waals surface area contributed by atoms with E-state index in [1.54, 1.807) is 14.2 Å². The second-order valence-electron chi connectivity index (χ2n) is 2.44. The topological polar surface area (TPSA) is 18.5 Å². The van der Waals surface area contributed by atoms with Crippen molar-refractivity contribution in [1.82, 2.24) is 0 Å². The fourth-order valence-corrected chi connectivity index (χ4v) is 1.62. The van der Waals surface area contributed by atoms with Crippen LogP contribution in [-0.4, -0.2) is 14.2 Å². The molecule has 12 heavy (non-hydrogen) atoms. The van der Waals surface area contributed by atoms with Crippen LogP contribution >= 0.6 is 22.6 Å². The van der Waals surface area contributed by atoms with Crippen molar-refractivity contribution in [1.29, 1.82) is 0 Å². The van der Waals surface area contributed by atoms with Gasteiger partial charge in [0, 0.05) is 9.13 Å². The largest absolute Gasteiger partial charge is 0.496 e. The molecule has 0 fully saturated rings. The number of hydrogen-bond acceptors (Lipinski definition) is 2. The molecule has 0 radical (unpaired) electrons. The molecule has 1 rings (SSSR count). The van der Waals surface area contributed by atoms with Gasteiger partial charge in [-0.25, -0.2) is 0 Å². The third-order valence-electron chi connectivity index (χ3n) is 1.72. The van der Waals surface area contributed by atoms with Gasteiger partial charge in [-0.3, -0.25) is 0 Å². The number of hydrogen-bond donors (Lipinski definition) is 0. The molecule has 0 bridgehead atoms. The molecule has 0 unspecified atom stereocenters. The van der Waals surface area contributed by atoms with Crippen LogP contribution in [0.15, 0.2) is 12.1 Å². The van der Waals surface area contributed by atoms with E-state index in [9.17, 15) is 0 Å². The number of methoxy groups -OCH3 is 2. The lowest BCUT2D eigenvalue weighted by Gasteiger charge is -2.09. The van der Waals surface area contributed by atoms with Crippen LogP contribution in [0.1, 0.15) is 5.56 Å². The molecule has 3 heteroatoms. The lowest BCUT2D eigenvalue weighted by atomic mass is 10.2. The number of benzene rings is 1. The van der Waals surface area contributed by atoms with Crippen molar-refractivity contribution >= 4 is 22.6 Å². The van der Waals surface area contributed by atoms with Crippen LogP contribution in [0.25, 0.3) is 0 Å². The fraction of sp³-hybridized carbons (Fsp3) is 0.333. The van der Waals surface area contributed by atoms with E-state index in [2.05, 4.69) is 22.6 Å². The summed E-state index contributed by atoms with van der Waals surface area (Å²) in [6.07, 6.45) is 0. The average molecular weight is 278 g/mol. The minimum atomic E-state index is 0.874. The summed E-state index contributed by atoms with van der Waals surface area (Å²) in [5.41, 5.74) is 1.04. The summed E-state index contributed by atoms with van der Waals surface area (Å²) < 4.78 is 11.5. The summed E-state index contributed by atoms with van der Waals surface area (Å²) >= 11 is 2.23. The fourth-order valence-electron chi connectivity index (χ4n) is 1.05. The molecule has 0 saturated carbocycles. The van der Waals surface area contributed by atoms with Crippen molar-refractivity contribution < 1.29 is 9.47 Å². The maximum Gasteiger partial charge on any atom is 0.126 e.